The van der Waals surface area contributed by atoms with E-state index in [2.05, 4.69) is 25.2 Å². The second-order valence-corrected chi connectivity index (χ2v) is 3.12. The molecule has 1 saturated heterocycles. The maximum atomic E-state index is 3.36. The van der Waals surface area contributed by atoms with E-state index < -0.39 is 0 Å². The summed E-state index contributed by atoms with van der Waals surface area (Å²) in [4.78, 5) is 0. The van der Waals surface area contributed by atoms with Crippen LogP contribution >= 0.6 is 12.4 Å². The van der Waals surface area contributed by atoms with Gasteiger partial charge in [-0.2, -0.15) is 0 Å². The molecule has 1 heterocycles. The van der Waals surface area contributed by atoms with E-state index in [1.807, 2.05) is 0 Å². The molecule has 11 heavy (non-hydrogen) atoms. The fourth-order valence-electron chi connectivity index (χ4n) is 1.34. The van der Waals surface area contributed by atoms with Gasteiger partial charge in [-0.1, -0.05) is 18.6 Å². The summed E-state index contributed by atoms with van der Waals surface area (Å²) in [6.45, 7) is 6.84. The molecule has 2 heteroatoms. The molecule has 1 unspecified atom stereocenters. The van der Waals surface area contributed by atoms with Gasteiger partial charge < -0.3 is 5.32 Å². The van der Waals surface area contributed by atoms with Crippen LogP contribution in [0.25, 0.3) is 0 Å². The van der Waals surface area contributed by atoms with Crippen LogP contribution in [-0.4, -0.2) is 13.1 Å². The van der Waals surface area contributed by atoms with E-state index in [1.165, 1.54) is 31.5 Å². The van der Waals surface area contributed by atoms with E-state index in [9.17, 15) is 0 Å². The first kappa shape index (κ1) is 11.0. The van der Waals surface area contributed by atoms with Crippen molar-refractivity contribution < 1.29 is 0 Å². The molecule has 0 amide bonds. The summed E-state index contributed by atoms with van der Waals surface area (Å²) >= 11 is 0. The quantitative estimate of drug-likeness (QED) is 0.636. The van der Waals surface area contributed by atoms with Gasteiger partial charge in [0.1, 0.15) is 0 Å². The van der Waals surface area contributed by atoms with Crippen molar-refractivity contribution in [3.63, 3.8) is 0 Å². The van der Waals surface area contributed by atoms with Gasteiger partial charge in [-0.15, -0.1) is 12.4 Å². The van der Waals surface area contributed by atoms with Crippen LogP contribution in [0, 0.1) is 5.92 Å². The molecule has 0 aliphatic carbocycles. The molecule has 66 valence electrons. The summed E-state index contributed by atoms with van der Waals surface area (Å²) < 4.78 is 0. The Morgan fingerprint density at radius 1 is 1.64 bits per heavy atom. The molecule has 1 atom stereocenters. The smallest absolute Gasteiger partial charge is 0.00147 e. The molecule has 0 bridgehead atoms. The number of halogens is 1. The lowest BCUT2D eigenvalue weighted by Gasteiger charge is -2.01. The standard InChI is InChI=1S/C9H17N.ClH/c1-3-8(2)6-9-4-5-10-7-9;/h6,9-10H,3-5,7H2,1-2H3;1H/b8-6+;. The second-order valence-electron chi connectivity index (χ2n) is 3.12. The van der Waals surface area contributed by atoms with Crippen molar-refractivity contribution in [1.82, 2.24) is 5.32 Å². The third kappa shape index (κ3) is 3.78. The average molecular weight is 176 g/mol. The van der Waals surface area contributed by atoms with Gasteiger partial charge >= 0.3 is 0 Å². The van der Waals surface area contributed by atoms with Gasteiger partial charge in [0, 0.05) is 6.54 Å². The molecule has 0 aromatic carbocycles. The van der Waals surface area contributed by atoms with Crippen LogP contribution in [0.4, 0.5) is 0 Å². The number of hydrogen-bond donors (Lipinski definition) is 1. The predicted octanol–water partition coefficient (Wildman–Crippen LogP) is 2.37. The van der Waals surface area contributed by atoms with E-state index >= 15 is 0 Å². The van der Waals surface area contributed by atoms with Crippen LogP contribution in [0.2, 0.25) is 0 Å². The lowest BCUT2D eigenvalue weighted by atomic mass is 10.0. The van der Waals surface area contributed by atoms with E-state index in [0.717, 1.165) is 5.92 Å². The largest absolute Gasteiger partial charge is 0.316 e. The molecular weight excluding hydrogens is 158 g/mol. The van der Waals surface area contributed by atoms with E-state index in [-0.39, 0.29) is 12.4 Å². The molecule has 1 aliphatic rings. The van der Waals surface area contributed by atoms with Crippen LogP contribution < -0.4 is 5.32 Å². The van der Waals surface area contributed by atoms with E-state index in [0.29, 0.717) is 0 Å². The molecule has 1 aliphatic heterocycles. The van der Waals surface area contributed by atoms with E-state index in [1.54, 1.807) is 0 Å². The topological polar surface area (TPSA) is 12.0 Å². The predicted molar refractivity (Wildman–Crippen MR) is 52.3 cm³/mol. The van der Waals surface area contributed by atoms with Crippen LogP contribution in [0.5, 0.6) is 0 Å². The molecule has 1 N–H and O–H groups in total. The Morgan fingerprint density at radius 2 is 2.36 bits per heavy atom. The van der Waals surface area contributed by atoms with Gasteiger partial charge in [-0.05, 0) is 32.2 Å². The number of hydrogen-bond acceptors (Lipinski definition) is 1. The maximum absolute atomic E-state index is 3.36. The highest BCUT2D eigenvalue weighted by molar-refractivity contribution is 5.85. The minimum absolute atomic E-state index is 0. The summed E-state index contributed by atoms with van der Waals surface area (Å²) in [5.41, 5.74) is 1.54. The van der Waals surface area contributed by atoms with Gasteiger partial charge in [0.2, 0.25) is 0 Å². The van der Waals surface area contributed by atoms with Crippen molar-refractivity contribution >= 4 is 12.4 Å². The molecule has 0 aromatic heterocycles. The first-order valence-electron chi connectivity index (χ1n) is 4.21. The third-order valence-electron chi connectivity index (χ3n) is 2.18. The third-order valence-corrected chi connectivity index (χ3v) is 2.18. The zero-order valence-electron chi connectivity index (χ0n) is 7.39. The zero-order chi connectivity index (χ0) is 7.40. The van der Waals surface area contributed by atoms with Crippen molar-refractivity contribution in [3.8, 4) is 0 Å². The van der Waals surface area contributed by atoms with Crippen molar-refractivity contribution in [3.05, 3.63) is 11.6 Å². The Kier molecular flexibility index (Phi) is 5.61. The van der Waals surface area contributed by atoms with Crippen molar-refractivity contribution in [2.45, 2.75) is 26.7 Å². The highest BCUT2D eigenvalue weighted by Crippen LogP contribution is 2.12. The first-order chi connectivity index (χ1) is 4.83. The van der Waals surface area contributed by atoms with Gasteiger partial charge in [0.05, 0.1) is 0 Å². The molecule has 1 rings (SSSR count). The summed E-state index contributed by atoms with van der Waals surface area (Å²) in [5.74, 6) is 0.819. The Morgan fingerprint density at radius 3 is 2.82 bits per heavy atom. The van der Waals surface area contributed by atoms with Crippen molar-refractivity contribution in [2.75, 3.05) is 13.1 Å². The molecule has 0 spiro atoms. The molecule has 0 saturated carbocycles. The van der Waals surface area contributed by atoms with Crippen LogP contribution in [0.3, 0.4) is 0 Å². The highest BCUT2D eigenvalue weighted by Gasteiger charge is 2.10. The SMILES string of the molecule is CC/C(C)=C/C1CCNC1.Cl. The lowest BCUT2D eigenvalue weighted by molar-refractivity contribution is 0.718. The van der Waals surface area contributed by atoms with Crippen molar-refractivity contribution in [2.24, 2.45) is 5.92 Å². The fraction of sp³-hybridized carbons (Fsp3) is 0.778. The average Bonchev–Trinajstić information content (AvgIpc) is 2.40. The summed E-state index contributed by atoms with van der Waals surface area (Å²) in [5, 5.41) is 3.36. The normalized spacial score (nSPS) is 24.9. The van der Waals surface area contributed by atoms with Crippen LogP contribution in [0.15, 0.2) is 11.6 Å². The zero-order valence-corrected chi connectivity index (χ0v) is 8.21. The van der Waals surface area contributed by atoms with Crippen LogP contribution in [0.1, 0.15) is 26.7 Å². The lowest BCUT2D eigenvalue weighted by Crippen LogP contribution is -2.07. The second kappa shape index (κ2) is 5.62. The molecule has 0 radical (unpaired) electrons. The Balaban J connectivity index is 0.000001000. The summed E-state index contributed by atoms with van der Waals surface area (Å²) in [7, 11) is 0. The van der Waals surface area contributed by atoms with Crippen LogP contribution in [-0.2, 0) is 0 Å². The number of rotatable bonds is 2. The van der Waals surface area contributed by atoms with Gasteiger partial charge in [0.25, 0.3) is 0 Å². The minimum Gasteiger partial charge on any atom is -0.316 e. The summed E-state index contributed by atoms with van der Waals surface area (Å²) in [6, 6.07) is 0. The fourth-order valence-corrected chi connectivity index (χ4v) is 1.34. The Bertz CT molecular complexity index is 126. The monoisotopic (exact) mass is 175 g/mol. The first-order valence-corrected chi connectivity index (χ1v) is 4.21. The molecule has 0 aromatic rings. The molecular formula is C9H18ClN. The van der Waals surface area contributed by atoms with Gasteiger partial charge in [0.15, 0.2) is 0 Å². The Labute approximate surface area is 75.7 Å². The van der Waals surface area contributed by atoms with Crippen molar-refractivity contribution in [1.29, 1.82) is 0 Å². The summed E-state index contributed by atoms with van der Waals surface area (Å²) in [6.07, 6.45) is 4.95. The molecule has 1 nitrogen and oxygen atoms in total. The number of allylic oxidation sites excluding steroid dienone is 1. The highest BCUT2D eigenvalue weighted by atomic mass is 35.5. The Hall–Kier alpha value is -0.0100. The van der Waals surface area contributed by atoms with E-state index in [4.69, 9.17) is 0 Å². The maximum Gasteiger partial charge on any atom is 0.00147 e. The van der Waals surface area contributed by atoms with Gasteiger partial charge in [-0.3, -0.25) is 0 Å². The van der Waals surface area contributed by atoms with Gasteiger partial charge in [-0.25, -0.2) is 0 Å². The number of nitrogens with one attached hydrogen (secondary N) is 1. The molecule has 1 fully saturated rings. The minimum atomic E-state index is 0.